The summed E-state index contributed by atoms with van der Waals surface area (Å²) in [6.07, 6.45) is 4.75. The van der Waals surface area contributed by atoms with E-state index in [0.717, 1.165) is 41.5 Å². The molecule has 0 spiro atoms. The molecule has 7 nitrogen and oxygen atoms in total. The van der Waals surface area contributed by atoms with Crippen molar-refractivity contribution in [1.29, 1.82) is 0 Å². The van der Waals surface area contributed by atoms with E-state index in [1.807, 2.05) is 41.2 Å². The number of pyridine rings is 1. The molecule has 6 rings (SSSR count). The Balaban J connectivity index is 1.50. The van der Waals surface area contributed by atoms with Crippen LogP contribution in [0.25, 0.3) is 32.9 Å². The van der Waals surface area contributed by atoms with Gasteiger partial charge < -0.3 is 19.9 Å². The number of aromatic nitrogens is 3. The lowest BCUT2D eigenvalue weighted by molar-refractivity contribution is -0.0390. The van der Waals surface area contributed by atoms with Gasteiger partial charge in [-0.05, 0) is 70.6 Å². The average molecular weight is 612 g/mol. The largest absolute Gasteiger partial charge is 0.497 e. The second-order valence-electron chi connectivity index (χ2n) is 9.41. The minimum Gasteiger partial charge on any atom is -0.497 e. The number of anilines is 1. The van der Waals surface area contributed by atoms with Crippen LogP contribution in [-0.4, -0.2) is 28.5 Å². The fraction of sp³-hybridized carbons (Fsp3) is 0.241. The number of nitrogens with zero attached hydrogens (tertiary/aromatic N) is 3. The van der Waals surface area contributed by atoms with Crippen molar-refractivity contribution < 1.29 is 18.6 Å². The summed E-state index contributed by atoms with van der Waals surface area (Å²) in [6.45, 7) is 0.913. The van der Waals surface area contributed by atoms with Crippen molar-refractivity contribution in [2.45, 2.75) is 32.1 Å². The lowest BCUT2D eigenvalue weighted by atomic mass is 9.96. The number of halogens is 3. The lowest BCUT2D eigenvalue weighted by Gasteiger charge is -2.22. The monoisotopic (exact) mass is 610 g/mol. The Labute approximate surface area is 237 Å². The molecule has 0 saturated carbocycles. The SMILES string of the molecule is COc1ccc(COc2nc3cc(F)c(Br)cc3c(-c3ccc(Cl)c4nn(C5CCCCO5)cc34)c2N)cc1. The Bertz CT molecular complexity index is 1690. The Morgan fingerprint density at radius 2 is 1.97 bits per heavy atom. The number of nitrogens with two attached hydrogens (primary N) is 1. The summed E-state index contributed by atoms with van der Waals surface area (Å²) in [5.41, 5.74) is 10.5. The molecule has 1 saturated heterocycles. The van der Waals surface area contributed by atoms with E-state index < -0.39 is 5.82 Å². The first-order valence-corrected chi connectivity index (χ1v) is 13.7. The first-order valence-electron chi connectivity index (χ1n) is 12.6. The molecule has 0 radical (unpaired) electrons. The number of methoxy groups -OCH3 is 1. The molecule has 0 bridgehead atoms. The van der Waals surface area contributed by atoms with Crippen LogP contribution in [0.4, 0.5) is 10.1 Å². The topological polar surface area (TPSA) is 84.4 Å². The number of fused-ring (bicyclic) bond motifs is 2. The molecule has 3 aromatic carbocycles. The summed E-state index contributed by atoms with van der Waals surface area (Å²) < 4.78 is 34.1. The first-order chi connectivity index (χ1) is 18.9. The van der Waals surface area contributed by atoms with Crippen LogP contribution in [-0.2, 0) is 11.3 Å². The van der Waals surface area contributed by atoms with E-state index in [2.05, 4.69) is 20.9 Å². The maximum Gasteiger partial charge on any atom is 0.238 e. The van der Waals surface area contributed by atoms with Gasteiger partial charge in [-0.3, -0.25) is 0 Å². The van der Waals surface area contributed by atoms with Crippen molar-refractivity contribution in [3.05, 3.63) is 75.6 Å². The first kappa shape index (κ1) is 25.9. The van der Waals surface area contributed by atoms with Gasteiger partial charge in [0.1, 0.15) is 35.6 Å². The summed E-state index contributed by atoms with van der Waals surface area (Å²) >= 11 is 9.91. The molecule has 1 fully saturated rings. The number of rotatable bonds is 6. The second-order valence-corrected chi connectivity index (χ2v) is 10.7. The highest BCUT2D eigenvalue weighted by Crippen LogP contribution is 2.44. The smallest absolute Gasteiger partial charge is 0.238 e. The van der Waals surface area contributed by atoms with Crippen LogP contribution in [0.15, 0.2) is 59.2 Å². The van der Waals surface area contributed by atoms with Crippen LogP contribution in [0.5, 0.6) is 11.6 Å². The Morgan fingerprint density at radius 3 is 2.72 bits per heavy atom. The Hall–Kier alpha value is -3.40. The zero-order valence-corrected chi connectivity index (χ0v) is 23.4. The van der Waals surface area contributed by atoms with Gasteiger partial charge in [-0.25, -0.2) is 14.1 Å². The van der Waals surface area contributed by atoms with Crippen molar-refractivity contribution in [3.63, 3.8) is 0 Å². The Morgan fingerprint density at radius 1 is 1.15 bits per heavy atom. The van der Waals surface area contributed by atoms with Gasteiger partial charge in [-0.15, -0.1) is 0 Å². The quantitative estimate of drug-likeness (QED) is 0.212. The molecule has 39 heavy (non-hydrogen) atoms. The maximum absolute atomic E-state index is 14.6. The highest BCUT2D eigenvalue weighted by Gasteiger charge is 2.23. The van der Waals surface area contributed by atoms with E-state index in [9.17, 15) is 4.39 Å². The molecule has 1 atom stereocenters. The fourth-order valence-electron chi connectivity index (χ4n) is 4.91. The molecular weight excluding hydrogens is 587 g/mol. The van der Waals surface area contributed by atoms with Crippen LogP contribution in [0.2, 0.25) is 5.02 Å². The minimum absolute atomic E-state index is 0.159. The van der Waals surface area contributed by atoms with E-state index in [1.165, 1.54) is 6.07 Å². The van der Waals surface area contributed by atoms with Gasteiger partial charge in [0.25, 0.3) is 0 Å². The highest BCUT2D eigenvalue weighted by atomic mass is 79.9. The lowest BCUT2D eigenvalue weighted by Crippen LogP contribution is -2.18. The van der Waals surface area contributed by atoms with Crippen LogP contribution in [0, 0.1) is 5.82 Å². The number of benzene rings is 3. The highest BCUT2D eigenvalue weighted by molar-refractivity contribution is 9.10. The maximum atomic E-state index is 14.6. The summed E-state index contributed by atoms with van der Waals surface area (Å²) in [4.78, 5) is 4.59. The third kappa shape index (κ3) is 4.90. The van der Waals surface area contributed by atoms with Gasteiger partial charge in [0.05, 0.1) is 22.1 Å². The normalized spacial score (nSPS) is 15.6. The van der Waals surface area contributed by atoms with Crippen molar-refractivity contribution >= 4 is 55.0 Å². The molecule has 0 aliphatic carbocycles. The third-order valence-electron chi connectivity index (χ3n) is 6.93. The molecule has 5 aromatic rings. The second kappa shape index (κ2) is 10.6. The summed E-state index contributed by atoms with van der Waals surface area (Å²) in [5.74, 6) is 0.521. The fourth-order valence-corrected chi connectivity index (χ4v) is 5.46. The van der Waals surface area contributed by atoms with E-state index in [-0.39, 0.29) is 18.7 Å². The van der Waals surface area contributed by atoms with E-state index in [0.29, 0.717) is 43.8 Å². The van der Waals surface area contributed by atoms with Gasteiger partial charge in [0.2, 0.25) is 5.88 Å². The zero-order chi connectivity index (χ0) is 27.1. The van der Waals surface area contributed by atoms with Crippen molar-refractivity contribution in [2.24, 2.45) is 0 Å². The molecule has 1 aliphatic heterocycles. The van der Waals surface area contributed by atoms with Gasteiger partial charge >= 0.3 is 0 Å². The van der Waals surface area contributed by atoms with Crippen LogP contribution < -0.4 is 15.2 Å². The third-order valence-corrected chi connectivity index (χ3v) is 7.84. The van der Waals surface area contributed by atoms with Crippen molar-refractivity contribution in [1.82, 2.24) is 14.8 Å². The summed E-state index contributed by atoms with van der Waals surface area (Å²) in [6, 6.07) is 14.3. The molecule has 10 heteroatoms. The molecule has 2 aromatic heterocycles. The van der Waals surface area contributed by atoms with Gasteiger partial charge in [0.15, 0.2) is 0 Å². The van der Waals surface area contributed by atoms with Gasteiger partial charge in [-0.2, -0.15) is 5.10 Å². The molecule has 1 unspecified atom stereocenters. The molecule has 2 N–H and O–H groups in total. The standard InChI is InChI=1S/C29H25BrClFN4O3/c1-37-17-7-5-16(6-8-17)15-39-29-27(33)26(19-12-21(30)23(32)13-24(19)34-29)18-9-10-22(31)28-20(18)14-36(35-28)25-4-2-3-11-38-25/h5-10,12-14,25H,2-4,11,15,33H2,1H3. The van der Waals surface area contributed by atoms with Crippen LogP contribution >= 0.6 is 27.5 Å². The number of hydrogen-bond acceptors (Lipinski definition) is 6. The predicted molar refractivity (Wildman–Crippen MR) is 154 cm³/mol. The van der Waals surface area contributed by atoms with Crippen molar-refractivity contribution in [2.75, 3.05) is 19.5 Å². The van der Waals surface area contributed by atoms with E-state index in [1.54, 1.807) is 19.2 Å². The zero-order valence-electron chi connectivity index (χ0n) is 21.1. The van der Waals surface area contributed by atoms with Gasteiger partial charge in [-0.1, -0.05) is 29.8 Å². The Kier molecular flexibility index (Phi) is 7.05. The van der Waals surface area contributed by atoms with Crippen LogP contribution in [0.3, 0.4) is 0 Å². The van der Waals surface area contributed by atoms with Crippen molar-refractivity contribution in [3.8, 4) is 22.8 Å². The summed E-state index contributed by atoms with van der Waals surface area (Å²) in [7, 11) is 1.61. The molecular formula is C29H25BrClFN4O3. The molecule has 0 amide bonds. The number of nitrogen functional groups attached to an aromatic ring is 1. The molecule has 1 aliphatic rings. The molecule has 3 heterocycles. The predicted octanol–water partition coefficient (Wildman–Crippen LogP) is 7.68. The van der Waals surface area contributed by atoms with Gasteiger partial charge in [0, 0.05) is 35.2 Å². The minimum atomic E-state index is -0.435. The van der Waals surface area contributed by atoms with E-state index in [4.69, 9.17) is 36.6 Å². The number of ether oxygens (including phenoxy) is 3. The average Bonchev–Trinajstić information content (AvgIpc) is 3.41. The summed E-state index contributed by atoms with van der Waals surface area (Å²) in [5, 5.41) is 6.76. The molecule has 200 valence electrons. The van der Waals surface area contributed by atoms with E-state index >= 15 is 0 Å². The number of hydrogen-bond donors (Lipinski definition) is 1. The van der Waals surface area contributed by atoms with Crippen LogP contribution in [0.1, 0.15) is 31.1 Å².